The third kappa shape index (κ3) is 9.56. The van der Waals surface area contributed by atoms with Crippen molar-refractivity contribution in [1.29, 1.82) is 0 Å². The monoisotopic (exact) mass is 350 g/mol. The Labute approximate surface area is 131 Å². The smallest absolute Gasteiger partial charge is 0.394 e. The van der Waals surface area contributed by atoms with Crippen LogP contribution in [0.4, 0.5) is 18.0 Å². The Morgan fingerprint density at radius 2 is 1.26 bits per heavy atom. The van der Waals surface area contributed by atoms with Gasteiger partial charge in [0.2, 0.25) is 0 Å². The molecule has 1 atom stereocenters. The number of cyclic esters (lactones) is 2. The largest absolute Gasteiger partial charge is 0.516 e. The quantitative estimate of drug-likeness (QED) is 0.432. The van der Waals surface area contributed by atoms with E-state index in [1.165, 1.54) is 0 Å². The molecule has 1 fully saturated rings. The molecule has 0 aromatic carbocycles. The first-order valence-corrected chi connectivity index (χ1v) is 6.70. The van der Waals surface area contributed by atoms with E-state index in [4.69, 9.17) is 24.4 Å². The molecule has 2 N–H and O–H groups in total. The highest BCUT2D eigenvalue weighted by atomic mass is 19.3. The number of ether oxygens (including phenoxy) is 5. The molecule has 0 aromatic rings. The molecule has 8 nitrogen and oxygen atoms in total. The van der Waals surface area contributed by atoms with Crippen LogP contribution in [-0.4, -0.2) is 81.2 Å². The number of halogens is 3. The summed E-state index contributed by atoms with van der Waals surface area (Å²) < 4.78 is 58.1. The van der Waals surface area contributed by atoms with Gasteiger partial charge in [0.05, 0.1) is 52.9 Å². The predicted octanol–water partition coefficient (Wildman–Crippen LogP) is 0.452. The molecule has 1 unspecified atom stereocenters. The standard InChI is InChI=1S/C8H18O5.C4H3F3O3/c9-1-3-11-5-7-13-8-6-12-4-2-10;1-3(5)4(6,7)10-2(8)9-3/h9-10H,1-8H2;1H3. The van der Waals surface area contributed by atoms with Crippen molar-refractivity contribution in [2.24, 2.45) is 0 Å². The fourth-order valence-electron chi connectivity index (χ4n) is 1.10. The van der Waals surface area contributed by atoms with Gasteiger partial charge in [-0.25, -0.2) is 4.79 Å². The summed E-state index contributed by atoms with van der Waals surface area (Å²) in [6.07, 6.45) is -5.88. The molecule has 11 heteroatoms. The number of alkyl halides is 3. The first-order chi connectivity index (χ1) is 10.8. The number of aliphatic hydroxyl groups is 2. The lowest BCUT2D eigenvalue weighted by Crippen LogP contribution is -2.37. The highest BCUT2D eigenvalue weighted by Crippen LogP contribution is 2.40. The molecule has 0 aromatic heterocycles. The van der Waals surface area contributed by atoms with Crippen LogP contribution < -0.4 is 0 Å². The maximum Gasteiger partial charge on any atom is 0.516 e. The van der Waals surface area contributed by atoms with Gasteiger partial charge in [-0.1, -0.05) is 0 Å². The summed E-state index contributed by atoms with van der Waals surface area (Å²) in [5.41, 5.74) is 0. The van der Waals surface area contributed by atoms with Gasteiger partial charge in [0.25, 0.3) is 0 Å². The molecule has 0 radical (unpaired) electrons. The second kappa shape index (κ2) is 11.4. The van der Waals surface area contributed by atoms with Crippen LogP contribution in [0.3, 0.4) is 0 Å². The van der Waals surface area contributed by atoms with Crippen molar-refractivity contribution in [1.82, 2.24) is 0 Å². The van der Waals surface area contributed by atoms with Crippen LogP contribution in [0, 0.1) is 0 Å². The van der Waals surface area contributed by atoms with E-state index in [-0.39, 0.29) is 13.2 Å². The summed E-state index contributed by atoms with van der Waals surface area (Å²) in [7, 11) is 0. The molecule has 0 saturated carbocycles. The second-order valence-electron chi connectivity index (χ2n) is 4.17. The lowest BCUT2D eigenvalue weighted by molar-refractivity contribution is -0.279. The normalized spacial score (nSPS) is 22.1. The van der Waals surface area contributed by atoms with E-state index in [9.17, 15) is 18.0 Å². The van der Waals surface area contributed by atoms with Crippen LogP contribution in [0.15, 0.2) is 0 Å². The van der Waals surface area contributed by atoms with Gasteiger partial charge in [-0.05, 0) is 0 Å². The van der Waals surface area contributed by atoms with E-state index in [0.717, 1.165) is 0 Å². The molecule has 1 aliphatic heterocycles. The Morgan fingerprint density at radius 1 is 0.870 bits per heavy atom. The van der Waals surface area contributed by atoms with E-state index in [0.29, 0.717) is 46.6 Å². The van der Waals surface area contributed by atoms with Crippen LogP contribution in [0.25, 0.3) is 0 Å². The van der Waals surface area contributed by atoms with Crippen LogP contribution in [0.1, 0.15) is 6.92 Å². The topological polar surface area (TPSA) is 104 Å². The molecule has 138 valence electrons. The molecule has 0 bridgehead atoms. The van der Waals surface area contributed by atoms with Crippen molar-refractivity contribution in [2.75, 3.05) is 52.9 Å². The van der Waals surface area contributed by atoms with Gasteiger partial charge in [-0.15, -0.1) is 0 Å². The minimum absolute atomic E-state index is 0.0413. The molecule has 23 heavy (non-hydrogen) atoms. The van der Waals surface area contributed by atoms with Gasteiger partial charge in [-0.3, -0.25) is 0 Å². The zero-order chi connectivity index (χ0) is 17.8. The van der Waals surface area contributed by atoms with Gasteiger partial charge in [0, 0.05) is 6.92 Å². The predicted molar refractivity (Wildman–Crippen MR) is 68.7 cm³/mol. The molecular formula is C12H21F3O8. The number of rotatable bonds is 10. The molecule has 0 aliphatic carbocycles. The first-order valence-electron chi connectivity index (χ1n) is 6.70. The lowest BCUT2D eigenvalue weighted by Gasteiger charge is -2.14. The Kier molecular flexibility index (Phi) is 10.8. The number of hydrogen-bond acceptors (Lipinski definition) is 8. The van der Waals surface area contributed by atoms with Crippen LogP contribution in [0.5, 0.6) is 0 Å². The van der Waals surface area contributed by atoms with Crippen molar-refractivity contribution in [2.45, 2.75) is 18.9 Å². The van der Waals surface area contributed by atoms with Crippen LogP contribution >= 0.6 is 0 Å². The average molecular weight is 350 g/mol. The molecular weight excluding hydrogens is 329 g/mol. The highest BCUT2D eigenvalue weighted by molar-refractivity contribution is 5.63. The van der Waals surface area contributed by atoms with Gasteiger partial charge in [0.1, 0.15) is 0 Å². The van der Waals surface area contributed by atoms with Crippen molar-refractivity contribution in [3.05, 3.63) is 0 Å². The molecule has 0 amide bonds. The fraction of sp³-hybridized carbons (Fsp3) is 0.917. The molecule has 1 rings (SSSR count). The summed E-state index contributed by atoms with van der Waals surface area (Å²) in [6, 6.07) is 0. The third-order valence-corrected chi connectivity index (χ3v) is 2.22. The highest BCUT2D eigenvalue weighted by Gasteiger charge is 2.65. The zero-order valence-corrected chi connectivity index (χ0v) is 12.6. The Balaban J connectivity index is 0.000000433. The first kappa shape index (κ1) is 21.9. The van der Waals surface area contributed by atoms with E-state index in [2.05, 4.69) is 9.47 Å². The summed E-state index contributed by atoms with van der Waals surface area (Å²) in [6.45, 7) is 3.18. The van der Waals surface area contributed by atoms with Crippen LogP contribution in [-0.2, 0) is 23.7 Å². The number of aliphatic hydroxyl groups excluding tert-OH is 2. The van der Waals surface area contributed by atoms with E-state index in [1.807, 2.05) is 0 Å². The Hall–Kier alpha value is -1.14. The van der Waals surface area contributed by atoms with Gasteiger partial charge >= 0.3 is 18.1 Å². The number of hydrogen-bond donors (Lipinski definition) is 2. The third-order valence-electron chi connectivity index (χ3n) is 2.22. The number of carbonyl (C=O) groups excluding carboxylic acids is 1. The maximum atomic E-state index is 12.3. The fourth-order valence-corrected chi connectivity index (χ4v) is 1.10. The van der Waals surface area contributed by atoms with Crippen molar-refractivity contribution in [3.8, 4) is 0 Å². The van der Waals surface area contributed by atoms with Gasteiger partial charge in [0.15, 0.2) is 0 Å². The average Bonchev–Trinajstić information content (AvgIpc) is 2.63. The minimum atomic E-state index is -4.18. The molecule has 1 heterocycles. The van der Waals surface area contributed by atoms with Gasteiger partial charge < -0.3 is 33.9 Å². The SMILES string of the molecule is CC1(F)OC(=O)OC1(F)F.OCCOCCOCCOCCO. The summed E-state index contributed by atoms with van der Waals surface area (Å²) >= 11 is 0. The second-order valence-corrected chi connectivity index (χ2v) is 4.17. The molecule has 1 aliphatic rings. The van der Waals surface area contributed by atoms with Crippen LogP contribution in [0.2, 0.25) is 0 Å². The van der Waals surface area contributed by atoms with Gasteiger partial charge in [-0.2, -0.15) is 13.2 Å². The van der Waals surface area contributed by atoms with E-state index >= 15 is 0 Å². The van der Waals surface area contributed by atoms with Crippen molar-refractivity contribution < 1.29 is 51.9 Å². The van der Waals surface area contributed by atoms with Crippen molar-refractivity contribution in [3.63, 3.8) is 0 Å². The van der Waals surface area contributed by atoms with Crippen molar-refractivity contribution >= 4 is 6.16 Å². The summed E-state index contributed by atoms with van der Waals surface area (Å²) in [4.78, 5) is 9.91. The van der Waals surface area contributed by atoms with E-state index in [1.54, 1.807) is 0 Å². The molecule has 0 spiro atoms. The minimum Gasteiger partial charge on any atom is -0.394 e. The lowest BCUT2D eigenvalue weighted by atomic mass is 10.3. The number of carbonyl (C=O) groups is 1. The molecule has 1 saturated heterocycles. The summed E-state index contributed by atoms with van der Waals surface area (Å²) in [5.74, 6) is -3.34. The van der Waals surface area contributed by atoms with E-state index < -0.39 is 18.1 Å². The Bertz CT molecular complexity index is 299. The summed E-state index contributed by atoms with van der Waals surface area (Å²) in [5, 5.41) is 16.7. The maximum absolute atomic E-state index is 12.3. The Morgan fingerprint density at radius 3 is 1.48 bits per heavy atom. The zero-order valence-electron chi connectivity index (χ0n) is 12.6.